The van der Waals surface area contributed by atoms with Crippen LogP contribution in [0.3, 0.4) is 0 Å². The number of piperidine rings is 1. The minimum absolute atomic E-state index is 0.0736. The molecule has 1 fully saturated rings. The Bertz CT molecular complexity index is 461. The Balaban J connectivity index is 1.87. The maximum Gasteiger partial charge on any atom is 0.161 e. The average Bonchev–Trinajstić information content (AvgIpc) is 2.49. The molecular weight excluding hydrogens is 266 g/mol. The molecule has 0 aromatic heterocycles. The molecule has 4 nitrogen and oxygen atoms in total. The minimum Gasteiger partial charge on any atom is -0.490 e. The third kappa shape index (κ3) is 4.46. The molecule has 1 aromatic carbocycles. The van der Waals surface area contributed by atoms with E-state index in [0.717, 1.165) is 37.4 Å². The summed E-state index contributed by atoms with van der Waals surface area (Å²) in [4.78, 5) is 13.9. The molecule has 2 rings (SSSR count). The molecule has 1 aliphatic rings. The van der Waals surface area contributed by atoms with Crippen LogP contribution in [0.25, 0.3) is 0 Å². The number of nitrogens with zero attached hydrogens (tertiary/aromatic N) is 1. The highest BCUT2D eigenvalue weighted by molar-refractivity contribution is 5.81. The lowest BCUT2D eigenvalue weighted by Crippen LogP contribution is -2.45. The van der Waals surface area contributed by atoms with Gasteiger partial charge in [0, 0.05) is 6.54 Å². The summed E-state index contributed by atoms with van der Waals surface area (Å²) in [5.41, 5.74) is 0. The van der Waals surface area contributed by atoms with Crippen molar-refractivity contribution in [1.29, 1.82) is 0 Å². The predicted octanol–water partition coefficient (Wildman–Crippen LogP) is 2.91. The van der Waals surface area contributed by atoms with Gasteiger partial charge < -0.3 is 9.47 Å². The van der Waals surface area contributed by atoms with E-state index < -0.39 is 0 Å². The van der Waals surface area contributed by atoms with E-state index in [2.05, 4.69) is 4.90 Å². The number of ketones is 1. The molecule has 1 saturated heterocycles. The summed E-state index contributed by atoms with van der Waals surface area (Å²) in [6.07, 6.45) is 3.29. The first kappa shape index (κ1) is 15.8. The fourth-order valence-corrected chi connectivity index (χ4v) is 2.84. The first-order valence-electron chi connectivity index (χ1n) is 7.81. The quantitative estimate of drug-likeness (QED) is 0.774. The maximum atomic E-state index is 11.7. The number of ether oxygens (including phenoxy) is 2. The Hall–Kier alpha value is -1.55. The molecule has 1 aromatic rings. The summed E-state index contributed by atoms with van der Waals surface area (Å²) in [6.45, 7) is 6.62. The molecule has 0 radical (unpaired) electrons. The molecule has 0 saturated carbocycles. The Morgan fingerprint density at radius 1 is 1.24 bits per heavy atom. The number of carbonyl (C=O) groups excluding carboxylic acids is 1. The Morgan fingerprint density at radius 3 is 2.62 bits per heavy atom. The normalized spacial score (nSPS) is 19.2. The molecule has 0 bridgehead atoms. The molecule has 4 heteroatoms. The van der Waals surface area contributed by atoms with E-state index >= 15 is 0 Å². The van der Waals surface area contributed by atoms with Gasteiger partial charge in [-0.2, -0.15) is 0 Å². The van der Waals surface area contributed by atoms with Crippen molar-refractivity contribution in [2.75, 3.05) is 26.3 Å². The molecule has 0 amide bonds. The number of likely N-dealkylation sites (tertiary alicyclic amines) is 1. The van der Waals surface area contributed by atoms with E-state index in [1.165, 1.54) is 6.42 Å². The fraction of sp³-hybridized carbons (Fsp3) is 0.588. The SMILES string of the molecule is CCOc1ccccc1OCCN1CCCCC1C(C)=O. The van der Waals surface area contributed by atoms with Gasteiger partial charge in [-0.15, -0.1) is 0 Å². The van der Waals surface area contributed by atoms with Crippen molar-refractivity contribution >= 4 is 5.78 Å². The Labute approximate surface area is 127 Å². The largest absolute Gasteiger partial charge is 0.490 e. The van der Waals surface area contributed by atoms with Crippen LogP contribution in [-0.2, 0) is 4.79 Å². The van der Waals surface area contributed by atoms with Crippen LogP contribution in [0.15, 0.2) is 24.3 Å². The van der Waals surface area contributed by atoms with Crippen LogP contribution >= 0.6 is 0 Å². The van der Waals surface area contributed by atoms with Gasteiger partial charge in [0.2, 0.25) is 0 Å². The van der Waals surface area contributed by atoms with Crippen molar-refractivity contribution in [3.05, 3.63) is 24.3 Å². The van der Waals surface area contributed by atoms with Gasteiger partial charge in [-0.3, -0.25) is 9.69 Å². The van der Waals surface area contributed by atoms with Gasteiger partial charge in [-0.1, -0.05) is 18.6 Å². The highest BCUT2D eigenvalue weighted by atomic mass is 16.5. The van der Waals surface area contributed by atoms with Gasteiger partial charge in [-0.25, -0.2) is 0 Å². The number of rotatable bonds is 7. The number of hydrogen-bond acceptors (Lipinski definition) is 4. The zero-order chi connectivity index (χ0) is 15.1. The van der Waals surface area contributed by atoms with E-state index in [4.69, 9.17) is 9.47 Å². The molecule has 1 heterocycles. The summed E-state index contributed by atoms with van der Waals surface area (Å²) in [6, 6.07) is 7.79. The van der Waals surface area contributed by atoms with Gasteiger partial charge in [0.1, 0.15) is 12.4 Å². The van der Waals surface area contributed by atoms with E-state index in [0.29, 0.717) is 13.2 Å². The van der Waals surface area contributed by atoms with Crippen molar-refractivity contribution in [2.45, 2.75) is 39.2 Å². The first-order valence-corrected chi connectivity index (χ1v) is 7.81. The molecule has 21 heavy (non-hydrogen) atoms. The summed E-state index contributed by atoms with van der Waals surface area (Å²) in [7, 11) is 0. The van der Waals surface area contributed by atoms with E-state index in [1.807, 2.05) is 31.2 Å². The van der Waals surface area contributed by atoms with Gasteiger partial charge in [0.05, 0.1) is 12.6 Å². The lowest BCUT2D eigenvalue weighted by atomic mass is 9.99. The van der Waals surface area contributed by atoms with Crippen LogP contribution in [0.4, 0.5) is 0 Å². The highest BCUT2D eigenvalue weighted by Gasteiger charge is 2.25. The van der Waals surface area contributed by atoms with E-state index in [9.17, 15) is 4.79 Å². The molecule has 0 aliphatic carbocycles. The van der Waals surface area contributed by atoms with E-state index in [-0.39, 0.29) is 11.8 Å². The highest BCUT2D eigenvalue weighted by Crippen LogP contribution is 2.26. The van der Waals surface area contributed by atoms with Crippen molar-refractivity contribution in [1.82, 2.24) is 4.90 Å². The van der Waals surface area contributed by atoms with Crippen molar-refractivity contribution in [2.24, 2.45) is 0 Å². The minimum atomic E-state index is 0.0736. The van der Waals surface area contributed by atoms with Crippen LogP contribution in [0.2, 0.25) is 0 Å². The lowest BCUT2D eigenvalue weighted by molar-refractivity contribution is -0.123. The zero-order valence-corrected chi connectivity index (χ0v) is 13.0. The first-order chi connectivity index (χ1) is 10.2. The van der Waals surface area contributed by atoms with Crippen LogP contribution < -0.4 is 9.47 Å². The second-order valence-electron chi connectivity index (χ2n) is 5.39. The number of hydrogen-bond donors (Lipinski definition) is 0. The lowest BCUT2D eigenvalue weighted by Gasteiger charge is -2.33. The molecule has 1 atom stereocenters. The average molecular weight is 291 g/mol. The fourth-order valence-electron chi connectivity index (χ4n) is 2.84. The van der Waals surface area contributed by atoms with Gasteiger partial charge in [-0.05, 0) is 45.4 Å². The second kappa shape index (κ2) is 8.03. The third-order valence-electron chi connectivity index (χ3n) is 3.87. The maximum absolute atomic E-state index is 11.7. The Morgan fingerprint density at radius 2 is 1.95 bits per heavy atom. The molecule has 116 valence electrons. The molecule has 1 unspecified atom stereocenters. The Kier molecular flexibility index (Phi) is 6.05. The van der Waals surface area contributed by atoms with Gasteiger partial charge in [0.15, 0.2) is 11.5 Å². The summed E-state index contributed by atoms with van der Waals surface area (Å²) >= 11 is 0. The smallest absolute Gasteiger partial charge is 0.161 e. The number of para-hydroxylation sites is 2. The summed E-state index contributed by atoms with van der Waals surface area (Å²) in [5, 5.41) is 0. The van der Waals surface area contributed by atoms with Crippen molar-refractivity contribution in [3.63, 3.8) is 0 Å². The predicted molar refractivity (Wildman–Crippen MR) is 83.0 cm³/mol. The standard InChI is InChI=1S/C17H25NO3/c1-3-20-16-9-4-5-10-17(16)21-13-12-18-11-7-6-8-15(18)14(2)19/h4-5,9-10,15H,3,6-8,11-13H2,1-2H3. The van der Waals surface area contributed by atoms with Crippen molar-refractivity contribution in [3.8, 4) is 11.5 Å². The van der Waals surface area contributed by atoms with Crippen LogP contribution in [0.1, 0.15) is 33.1 Å². The zero-order valence-electron chi connectivity index (χ0n) is 13.0. The van der Waals surface area contributed by atoms with Crippen LogP contribution in [-0.4, -0.2) is 43.0 Å². The third-order valence-corrected chi connectivity index (χ3v) is 3.87. The van der Waals surface area contributed by atoms with E-state index in [1.54, 1.807) is 6.92 Å². The van der Waals surface area contributed by atoms with Gasteiger partial charge >= 0.3 is 0 Å². The van der Waals surface area contributed by atoms with Crippen molar-refractivity contribution < 1.29 is 14.3 Å². The molecule has 1 aliphatic heterocycles. The molecule has 0 spiro atoms. The molecule has 0 N–H and O–H groups in total. The van der Waals surface area contributed by atoms with Gasteiger partial charge in [0.25, 0.3) is 0 Å². The van der Waals surface area contributed by atoms with Crippen LogP contribution in [0, 0.1) is 0 Å². The monoisotopic (exact) mass is 291 g/mol. The molecular formula is C17H25NO3. The number of benzene rings is 1. The number of Topliss-reactive ketones (excluding diaryl/α,β-unsaturated/α-hetero) is 1. The van der Waals surface area contributed by atoms with Crippen LogP contribution in [0.5, 0.6) is 11.5 Å². The summed E-state index contributed by atoms with van der Waals surface area (Å²) in [5.74, 6) is 1.82. The second-order valence-corrected chi connectivity index (χ2v) is 5.39. The topological polar surface area (TPSA) is 38.8 Å². The summed E-state index contributed by atoms with van der Waals surface area (Å²) < 4.78 is 11.4. The number of carbonyl (C=O) groups is 1.